The highest BCUT2D eigenvalue weighted by atomic mass is 16.7. The number of carbonyl (C=O) groups excluding carboxylic acids is 2. The number of cyclic esters (lactones) is 1. The zero-order chi connectivity index (χ0) is 47.4. The van der Waals surface area contributed by atoms with Crippen molar-refractivity contribution in [3.63, 3.8) is 0 Å². The smallest absolute Gasteiger partial charge is 0.308 e. The first-order valence-corrected chi connectivity index (χ1v) is 22.0. The molecule has 3 heterocycles. The number of hydrogen-bond acceptors (Lipinski definition) is 17. The molecular formula is C46H72N2O16. The molecule has 0 aromatic rings. The van der Waals surface area contributed by atoms with Gasteiger partial charge in [0.05, 0.1) is 86.0 Å². The highest BCUT2D eigenvalue weighted by Gasteiger charge is 2.50. The summed E-state index contributed by atoms with van der Waals surface area (Å²) >= 11 is 0. The number of aliphatic hydroxyl groups excluding tert-OH is 9. The van der Waals surface area contributed by atoms with Gasteiger partial charge in [-0.3, -0.25) is 9.59 Å². The summed E-state index contributed by atoms with van der Waals surface area (Å²) in [6.07, 6.45) is 6.14. The Balaban J connectivity index is 1.85. The molecular weight excluding hydrogens is 837 g/mol. The summed E-state index contributed by atoms with van der Waals surface area (Å²) in [7, 11) is 1.37. The van der Waals surface area contributed by atoms with Crippen LogP contribution in [-0.2, 0) is 28.5 Å². The number of nitrogens with two attached hydrogens (primary N) is 1. The van der Waals surface area contributed by atoms with Crippen molar-refractivity contribution in [2.75, 3.05) is 13.7 Å². The summed E-state index contributed by atoms with van der Waals surface area (Å²) < 4.78 is 23.1. The number of rotatable bonds is 3. The lowest BCUT2D eigenvalue weighted by Gasteiger charge is -2.45. The molecule has 18 heteroatoms. The Hall–Kier alpha value is -3.44. The monoisotopic (exact) mass is 908 g/mol. The van der Waals surface area contributed by atoms with Crippen LogP contribution in [0.5, 0.6) is 0 Å². The zero-order valence-corrected chi connectivity index (χ0v) is 36.9. The molecule has 1 amide bonds. The second-order valence-corrected chi connectivity index (χ2v) is 17.0. The van der Waals surface area contributed by atoms with E-state index in [1.54, 1.807) is 61.6 Å². The van der Waals surface area contributed by atoms with E-state index in [9.17, 15) is 60.7 Å². The van der Waals surface area contributed by atoms with E-state index in [1.165, 1.54) is 7.05 Å². The second-order valence-electron chi connectivity index (χ2n) is 17.0. The van der Waals surface area contributed by atoms with Crippen LogP contribution in [-0.4, -0.2) is 168 Å². The first kappa shape index (κ1) is 54.9. The summed E-state index contributed by atoms with van der Waals surface area (Å²) in [6, 6.07) is -1.09. The lowest BCUT2D eigenvalue weighted by Crippen LogP contribution is -2.59. The van der Waals surface area contributed by atoms with Crippen LogP contribution in [0.2, 0.25) is 0 Å². The van der Waals surface area contributed by atoms with E-state index < -0.39 is 135 Å². The van der Waals surface area contributed by atoms with E-state index in [0.717, 1.165) is 0 Å². The van der Waals surface area contributed by atoms with Crippen LogP contribution in [0.15, 0.2) is 85.1 Å². The molecule has 0 aromatic carbocycles. The van der Waals surface area contributed by atoms with Gasteiger partial charge in [0, 0.05) is 45.1 Å². The molecule has 0 spiro atoms. The SMILES string of the molecule is CNC(=O)[C@H]1[C@@H]2CC(O[C@@H]3OC[C@@H](O)[C@H](N)[C@@H]3O)/C=C/C=C/C=C/C=C/C=C/C=C/C=C/[C@H](C)[C@@H](O)C[C@H](C)OC(=O)CC(O)CC(O)CC[C@@H](O)C(O)CC(O)CC(O)(C[C@@H]1O)O2. The van der Waals surface area contributed by atoms with Crippen molar-refractivity contribution in [2.24, 2.45) is 17.6 Å². The predicted octanol–water partition coefficient (Wildman–Crippen LogP) is -0.261. The molecule has 6 unspecified atom stereocenters. The minimum absolute atomic E-state index is 0.0849. The van der Waals surface area contributed by atoms with Crippen molar-refractivity contribution < 1.29 is 79.6 Å². The van der Waals surface area contributed by atoms with E-state index in [-0.39, 0.29) is 44.6 Å². The number of amides is 1. The number of fused-ring (bicyclic) bond motifs is 2. The predicted molar refractivity (Wildman–Crippen MR) is 234 cm³/mol. The quantitative estimate of drug-likeness (QED) is 0.162. The fourth-order valence-corrected chi connectivity index (χ4v) is 7.68. The van der Waals surface area contributed by atoms with Crippen LogP contribution in [0, 0.1) is 11.8 Å². The van der Waals surface area contributed by atoms with Crippen LogP contribution >= 0.6 is 0 Å². The summed E-state index contributed by atoms with van der Waals surface area (Å²) in [4.78, 5) is 25.6. The van der Waals surface area contributed by atoms with E-state index in [1.807, 2.05) is 37.3 Å². The minimum Gasteiger partial charge on any atom is -0.462 e. The summed E-state index contributed by atoms with van der Waals surface area (Å²) in [5.74, 6) is -5.05. The topological polar surface area (TPSA) is 311 Å². The second kappa shape index (κ2) is 27.9. The Morgan fingerprint density at radius 1 is 0.703 bits per heavy atom. The third-order valence-electron chi connectivity index (χ3n) is 11.3. The maximum atomic E-state index is 13.1. The normalized spacial score (nSPS) is 43.6. The molecule has 2 saturated heterocycles. The number of nitrogens with one attached hydrogen (secondary N) is 1. The number of allylic oxidation sites excluding steroid dienone is 12. The van der Waals surface area contributed by atoms with Crippen molar-refractivity contribution in [3.05, 3.63) is 85.1 Å². The van der Waals surface area contributed by atoms with Gasteiger partial charge in [0.2, 0.25) is 5.91 Å². The number of aliphatic hydroxyl groups is 10. The van der Waals surface area contributed by atoms with Gasteiger partial charge < -0.3 is 81.1 Å². The molecule has 0 aliphatic carbocycles. The van der Waals surface area contributed by atoms with Gasteiger partial charge in [-0.05, 0) is 26.2 Å². The first-order chi connectivity index (χ1) is 30.3. The van der Waals surface area contributed by atoms with E-state index in [4.69, 9.17) is 24.7 Å². The van der Waals surface area contributed by atoms with Gasteiger partial charge in [-0.1, -0.05) is 92.0 Å². The molecule has 2 fully saturated rings. The van der Waals surface area contributed by atoms with Gasteiger partial charge in [-0.2, -0.15) is 0 Å². The molecule has 3 aliphatic rings. The van der Waals surface area contributed by atoms with Crippen LogP contribution in [0.1, 0.15) is 71.6 Å². The number of ether oxygens (including phenoxy) is 4. The van der Waals surface area contributed by atoms with E-state index in [2.05, 4.69) is 5.32 Å². The fourth-order valence-electron chi connectivity index (χ4n) is 7.68. The van der Waals surface area contributed by atoms with E-state index >= 15 is 0 Å². The van der Waals surface area contributed by atoms with Gasteiger partial charge in [0.15, 0.2) is 12.1 Å². The summed E-state index contributed by atoms with van der Waals surface area (Å²) in [6.45, 7) is 3.22. The molecule has 17 atom stereocenters. The third kappa shape index (κ3) is 19.2. The van der Waals surface area contributed by atoms with Crippen molar-refractivity contribution in [1.82, 2.24) is 5.32 Å². The van der Waals surface area contributed by atoms with Crippen molar-refractivity contribution in [3.8, 4) is 0 Å². The highest BCUT2D eigenvalue weighted by molar-refractivity contribution is 5.79. The minimum atomic E-state index is -2.24. The van der Waals surface area contributed by atoms with Crippen LogP contribution in [0.3, 0.4) is 0 Å². The largest absolute Gasteiger partial charge is 0.462 e. The maximum Gasteiger partial charge on any atom is 0.308 e. The average molecular weight is 909 g/mol. The Morgan fingerprint density at radius 3 is 1.91 bits per heavy atom. The molecule has 2 bridgehead atoms. The van der Waals surface area contributed by atoms with Crippen LogP contribution in [0.4, 0.5) is 0 Å². The van der Waals surface area contributed by atoms with Crippen molar-refractivity contribution in [1.29, 1.82) is 0 Å². The zero-order valence-electron chi connectivity index (χ0n) is 36.9. The van der Waals surface area contributed by atoms with Gasteiger partial charge >= 0.3 is 5.97 Å². The molecule has 64 heavy (non-hydrogen) atoms. The maximum absolute atomic E-state index is 13.1. The van der Waals surface area contributed by atoms with Crippen LogP contribution < -0.4 is 11.1 Å². The third-order valence-corrected chi connectivity index (χ3v) is 11.3. The lowest BCUT2D eigenvalue weighted by atomic mass is 9.82. The number of carbonyl (C=O) groups is 2. The lowest BCUT2D eigenvalue weighted by molar-refractivity contribution is -0.304. The Labute approximate surface area is 375 Å². The van der Waals surface area contributed by atoms with Crippen molar-refractivity contribution >= 4 is 11.9 Å². The highest BCUT2D eigenvalue weighted by Crippen LogP contribution is 2.38. The first-order valence-electron chi connectivity index (χ1n) is 22.0. The molecule has 13 N–H and O–H groups in total. The fraction of sp³-hybridized carbons (Fsp3) is 0.652. The summed E-state index contributed by atoms with van der Waals surface area (Å²) in [5.41, 5.74) is 5.97. The standard InChI is InChI=1S/C46H72N2O16/c1-28-16-14-12-10-8-6-4-5-7-9-11-13-15-17-33(63-45-43(58)42(47)38(56)27-61-45)24-39-41(44(59)48-3)37(55)26-46(60,64-39)25-32(51)22-36(54)34(52)19-18-30(49)21-31(50)23-40(57)62-29(2)20-35(28)53/h4-17,28-39,41-43,45,49-56,58,60H,18-27,47H2,1-3H3,(H,48,59)/b5-4+,8-6+,9-7+,12-10+,13-11+,16-14+,17-15+/t28-,29-,30?,31?,32?,33?,34+,35-,36?,37-,38+,39-,41+,42-,43-,45-,46?/m0/s1. The number of esters is 1. The molecule has 3 rings (SSSR count). The van der Waals surface area contributed by atoms with Gasteiger partial charge in [0.25, 0.3) is 0 Å². The Kier molecular flexibility index (Phi) is 23.9. The summed E-state index contributed by atoms with van der Waals surface area (Å²) in [5, 5.41) is 110. The van der Waals surface area contributed by atoms with Gasteiger partial charge in [-0.15, -0.1) is 0 Å². The Bertz CT molecular complexity index is 1620. The van der Waals surface area contributed by atoms with E-state index in [0.29, 0.717) is 0 Å². The molecule has 0 aromatic heterocycles. The Morgan fingerprint density at radius 2 is 1.30 bits per heavy atom. The molecule has 362 valence electrons. The van der Waals surface area contributed by atoms with Gasteiger partial charge in [-0.25, -0.2) is 0 Å². The molecule has 0 saturated carbocycles. The van der Waals surface area contributed by atoms with Crippen LogP contribution in [0.25, 0.3) is 0 Å². The average Bonchev–Trinajstić information content (AvgIpc) is 3.21. The number of hydrogen-bond donors (Lipinski definition) is 12. The van der Waals surface area contributed by atoms with Crippen molar-refractivity contribution in [2.45, 2.75) is 163 Å². The molecule has 3 aliphatic heterocycles. The molecule has 18 nitrogen and oxygen atoms in total. The molecule has 0 radical (unpaired) electrons. The van der Waals surface area contributed by atoms with Gasteiger partial charge in [0.1, 0.15) is 12.2 Å².